The topological polar surface area (TPSA) is 47.6 Å². The standard InChI is InChI=1S/C7H3ClO.C4H9NO2.Al.ClH/c8-6-2-1-4-3-5(6)7(4)9;6-3-1-5-2-4-7;;/h1-3H;5H,1-4H2;;1H/q;-2;+3;/p-1. The lowest BCUT2D eigenvalue weighted by atomic mass is 9.92. The van der Waals surface area contributed by atoms with Gasteiger partial charge in [0, 0.05) is 37.4 Å². The van der Waals surface area contributed by atoms with E-state index in [0.29, 0.717) is 23.8 Å². The van der Waals surface area contributed by atoms with Crippen LogP contribution in [0.2, 0.25) is 5.02 Å². The average molecular weight is 304 g/mol. The summed E-state index contributed by atoms with van der Waals surface area (Å²) in [5.74, 6) is 0.0856. The van der Waals surface area contributed by atoms with Crippen molar-refractivity contribution in [3.63, 3.8) is 0 Å². The molecule has 0 radical (unpaired) electrons. The molecule has 0 saturated carbocycles. The van der Waals surface area contributed by atoms with E-state index in [1.807, 2.05) is 0 Å². The Kier molecular flexibility index (Phi) is 5.46. The Bertz CT molecular complexity index is 433. The molecule has 0 aromatic heterocycles. The van der Waals surface area contributed by atoms with E-state index in [1.165, 1.54) is 0 Å². The minimum atomic E-state index is -1.74. The molecule has 7 heteroatoms. The van der Waals surface area contributed by atoms with E-state index < -0.39 is 13.9 Å². The molecule has 1 aromatic carbocycles. The number of hydrogen-bond acceptors (Lipinski definition) is 4. The van der Waals surface area contributed by atoms with Crippen LogP contribution in [0.3, 0.4) is 0 Å². The van der Waals surface area contributed by atoms with E-state index in [2.05, 4.69) is 5.32 Å². The second-order valence-electron chi connectivity index (χ2n) is 3.79. The summed E-state index contributed by atoms with van der Waals surface area (Å²) < 4.78 is 10.2. The molecule has 0 spiro atoms. The van der Waals surface area contributed by atoms with Crippen LogP contribution in [0, 0.1) is 0 Å². The predicted octanol–water partition coefficient (Wildman–Crippen LogP) is 1.73. The maximum atomic E-state index is 10.8. The van der Waals surface area contributed by atoms with Gasteiger partial charge in [-0.15, -0.1) is 0 Å². The molecule has 0 unspecified atom stereocenters. The summed E-state index contributed by atoms with van der Waals surface area (Å²) in [6, 6.07) is 5.27. The van der Waals surface area contributed by atoms with E-state index in [-0.39, 0.29) is 5.78 Å². The number of benzene rings is 1. The molecular weight excluding hydrogens is 292 g/mol. The van der Waals surface area contributed by atoms with Crippen molar-refractivity contribution in [2.75, 3.05) is 26.3 Å². The van der Waals surface area contributed by atoms with Gasteiger partial charge in [-0.2, -0.15) is 10.0 Å². The van der Waals surface area contributed by atoms with E-state index in [1.54, 1.807) is 18.2 Å². The zero-order valence-corrected chi connectivity index (χ0v) is 12.3. The number of carbonyl (C=O) groups is 1. The highest BCUT2D eigenvalue weighted by Crippen LogP contribution is 2.28. The second-order valence-corrected chi connectivity index (χ2v) is 6.48. The maximum absolute atomic E-state index is 10.8. The first-order valence-corrected chi connectivity index (χ1v) is 8.67. The molecule has 3 aliphatic rings. The van der Waals surface area contributed by atoms with Gasteiger partial charge in [0.25, 0.3) is 0 Å². The van der Waals surface area contributed by atoms with E-state index in [4.69, 9.17) is 29.2 Å². The first kappa shape index (κ1) is 14.3. The molecule has 2 bridgehead atoms. The number of halogens is 2. The smallest absolute Gasteiger partial charge is 0.465 e. The molecular formula is C11H12AlCl2NO3. The van der Waals surface area contributed by atoms with Crippen LogP contribution >= 0.6 is 21.7 Å². The molecule has 0 atom stereocenters. The number of hydrogen-bond donors (Lipinski definition) is 1. The van der Waals surface area contributed by atoms with Crippen molar-refractivity contribution in [1.29, 1.82) is 0 Å². The predicted molar refractivity (Wildman–Crippen MR) is 71.3 cm³/mol. The third-order valence-electron chi connectivity index (χ3n) is 2.53. The lowest BCUT2D eigenvalue weighted by molar-refractivity contribution is 0.102. The van der Waals surface area contributed by atoms with Crippen LogP contribution in [0.1, 0.15) is 15.9 Å². The summed E-state index contributed by atoms with van der Waals surface area (Å²) in [6.45, 7) is 3.14. The molecule has 18 heavy (non-hydrogen) atoms. The fraction of sp³-hybridized carbons (Fsp3) is 0.364. The Balaban J connectivity index is 0.000000134. The summed E-state index contributed by atoms with van der Waals surface area (Å²) in [7, 11) is 5.66. The monoisotopic (exact) mass is 303 g/mol. The SMILES string of the molecule is O=C1c2ccc(Cl)c1c2.[Cl][Al]1[O]CCNCC[O]1. The Hall–Kier alpha value is -0.118. The van der Waals surface area contributed by atoms with Crippen LogP contribution in [0.4, 0.5) is 0 Å². The summed E-state index contributed by atoms with van der Waals surface area (Å²) in [5.41, 5.74) is 1.43. The minimum Gasteiger partial charge on any atom is -0.465 e. The van der Waals surface area contributed by atoms with Crippen molar-refractivity contribution in [3.05, 3.63) is 34.3 Å². The van der Waals surface area contributed by atoms with Crippen molar-refractivity contribution < 1.29 is 12.4 Å². The fourth-order valence-electron chi connectivity index (χ4n) is 1.54. The first-order valence-electron chi connectivity index (χ1n) is 5.61. The van der Waals surface area contributed by atoms with Gasteiger partial charge in [0.05, 0.1) is 5.02 Å². The largest absolute Gasteiger partial charge is 0.813 e. The van der Waals surface area contributed by atoms with E-state index in [0.717, 1.165) is 18.7 Å². The molecule has 1 fully saturated rings. The molecule has 2 aliphatic carbocycles. The van der Waals surface area contributed by atoms with Gasteiger partial charge < -0.3 is 12.9 Å². The lowest BCUT2D eigenvalue weighted by Gasteiger charge is -2.13. The minimum absolute atomic E-state index is 0.0856. The van der Waals surface area contributed by atoms with Gasteiger partial charge in [0.15, 0.2) is 5.78 Å². The molecule has 4 nitrogen and oxygen atoms in total. The Labute approximate surface area is 119 Å². The van der Waals surface area contributed by atoms with Gasteiger partial charge in [-0.1, -0.05) is 11.6 Å². The van der Waals surface area contributed by atoms with Crippen molar-refractivity contribution in [2.45, 2.75) is 0 Å². The first-order chi connectivity index (χ1) is 8.68. The van der Waals surface area contributed by atoms with Crippen LogP contribution in [-0.4, -0.2) is 46.0 Å². The molecule has 1 N–H and O–H groups in total. The molecule has 1 saturated heterocycles. The van der Waals surface area contributed by atoms with Gasteiger partial charge in [-0.25, -0.2) is 0 Å². The van der Waals surface area contributed by atoms with E-state index in [9.17, 15) is 4.79 Å². The van der Waals surface area contributed by atoms with Gasteiger partial charge in [0.2, 0.25) is 0 Å². The van der Waals surface area contributed by atoms with Gasteiger partial charge in [0.1, 0.15) is 0 Å². The number of ketones is 1. The quantitative estimate of drug-likeness (QED) is 0.753. The zero-order chi connectivity index (χ0) is 13.0. The fourth-order valence-corrected chi connectivity index (χ4v) is 2.98. The summed E-state index contributed by atoms with van der Waals surface area (Å²) in [5, 5.41) is 3.69. The van der Waals surface area contributed by atoms with Gasteiger partial charge in [-0.05, 0) is 18.2 Å². The summed E-state index contributed by atoms with van der Waals surface area (Å²) in [4.78, 5) is 10.8. The van der Waals surface area contributed by atoms with Crippen molar-refractivity contribution in [2.24, 2.45) is 0 Å². The summed E-state index contributed by atoms with van der Waals surface area (Å²) in [6.07, 6.45) is 0. The van der Waals surface area contributed by atoms with Crippen LogP contribution in [0.15, 0.2) is 18.2 Å². The van der Waals surface area contributed by atoms with Crippen LogP contribution in [-0.2, 0) is 7.58 Å². The summed E-state index contributed by atoms with van der Waals surface area (Å²) >= 11 is 3.89. The highest BCUT2D eigenvalue weighted by Gasteiger charge is 2.23. The Morgan fingerprint density at radius 3 is 2.33 bits per heavy atom. The highest BCUT2D eigenvalue weighted by atomic mass is 35.6. The highest BCUT2D eigenvalue weighted by molar-refractivity contribution is 6.99. The molecule has 1 heterocycles. The molecule has 0 amide bonds. The number of rotatable bonds is 0. The number of nitrogens with one attached hydrogen (secondary N) is 1. The van der Waals surface area contributed by atoms with Crippen LogP contribution in [0.5, 0.6) is 0 Å². The second kappa shape index (κ2) is 6.88. The molecule has 4 rings (SSSR count). The van der Waals surface area contributed by atoms with Gasteiger partial charge >= 0.3 is 13.9 Å². The third kappa shape index (κ3) is 3.69. The zero-order valence-electron chi connectivity index (χ0n) is 9.62. The normalized spacial score (nSPS) is 18.1. The number of fused-ring (bicyclic) bond motifs is 2. The van der Waals surface area contributed by atoms with Crippen molar-refractivity contribution in [3.8, 4) is 0 Å². The maximum Gasteiger partial charge on any atom is 0.813 e. The molecule has 96 valence electrons. The Morgan fingerprint density at radius 1 is 1.22 bits per heavy atom. The lowest BCUT2D eigenvalue weighted by Crippen LogP contribution is -2.32. The van der Waals surface area contributed by atoms with Crippen molar-refractivity contribution in [1.82, 2.24) is 5.32 Å². The molecule has 1 aliphatic heterocycles. The van der Waals surface area contributed by atoms with Gasteiger partial charge in [-0.3, -0.25) is 4.79 Å². The van der Waals surface area contributed by atoms with Crippen LogP contribution in [0.25, 0.3) is 0 Å². The van der Waals surface area contributed by atoms with E-state index >= 15 is 0 Å². The van der Waals surface area contributed by atoms with Crippen molar-refractivity contribution >= 4 is 41.3 Å². The third-order valence-corrected chi connectivity index (χ3v) is 4.61. The van der Waals surface area contributed by atoms with Crippen LogP contribution < -0.4 is 5.32 Å². The number of carbonyl (C=O) groups excluding carboxylic acids is 1. The molecule has 1 aromatic rings. The Morgan fingerprint density at radius 2 is 1.89 bits per heavy atom. The average Bonchev–Trinajstić information content (AvgIpc) is 2.34.